The molecular formula is C44H51N11O3. The Kier molecular flexibility index (Phi) is 12.2. The van der Waals surface area contributed by atoms with Crippen LogP contribution in [0.15, 0.2) is 97.5 Å². The summed E-state index contributed by atoms with van der Waals surface area (Å²) >= 11 is 0. The summed E-state index contributed by atoms with van der Waals surface area (Å²) in [5.41, 5.74) is 4.41. The van der Waals surface area contributed by atoms with E-state index in [1.807, 2.05) is 85.8 Å². The van der Waals surface area contributed by atoms with E-state index in [0.29, 0.717) is 35.4 Å². The molecule has 6 aromatic rings. The molecule has 0 atom stereocenters. The number of hydrogen-bond donors (Lipinski definition) is 4. The second-order valence-electron chi connectivity index (χ2n) is 15.7. The number of aromatic nitrogens is 5. The fraction of sp³-hybridized carbons (Fsp3) is 0.318. The smallest absolute Gasteiger partial charge is 0.324 e. The summed E-state index contributed by atoms with van der Waals surface area (Å²) in [5.74, 6) is 2.01. The number of pyridine rings is 1. The van der Waals surface area contributed by atoms with Crippen molar-refractivity contribution in [2.75, 3.05) is 62.3 Å². The number of piperazine rings is 1. The van der Waals surface area contributed by atoms with Crippen molar-refractivity contribution in [1.82, 2.24) is 39.8 Å². The number of nitrogens with zero attached hydrogens (tertiary/aromatic N) is 7. The van der Waals surface area contributed by atoms with Crippen molar-refractivity contribution in [3.8, 4) is 11.4 Å². The summed E-state index contributed by atoms with van der Waals surface area (Å²) in [6.45, 7) is 14.4. The lowest BCUT2D eigenvalue weighted by Gasteiger charge is -2.32. The van der Waals surface area contributed by atoms with E-state index in [2.05, 4.69) is 73.8 Å². The lowest BCUT2D eigenvalue weighted by atomic mass is 9.92. The topological polar surface area (TPSA) is 154 Å². The molecule has 1 aliphatic heterocycles. The third-order valence-corrected chi connectivity index (χ3v) is 10.0. The monoisotopic (exact) mass is 781 g/mol. The maximum Gasteiger partial charge on any atom is 0.324 e. The molecule has 0 radical (unpaired) electrons. The third-order valence-electron chi connectivity index (χ3n) is 10.0. The Balaban J connectivity index is 0.948. The molecule has 0 bridgehead atoms. The van der Waals surface area contributed by atoms with E-state index in [9.17, 15) is 9.59 Å². The van der Waals surface area contributed by atoms with Crippen LogP contribution < -0.4 is 26.0 Å². The fourth-order valence-electron chi connectivity index (χ4n) is 6.60. The van der Waals surface area contributed by atoms with E-state index in [-0.39, 0.29) is 29.7 Å². The van der Waals surface area contributed by atoms with Crippen LogP contribution >= 0.6 is 0 Å². The normalized spacial score (nSPS) is 13.6. The molecule has 1 fully saturated rings. The van der Waals surface area contributed by atoms with Crippen LogP contribution in [0.2, 0.25) is 0 Å². The van der Waals surface area contributed by atoms with Crippen LogP contribution in [0.5, 0.6) is 5.75 Å². The van der Waals surface area contributed by atoms with E-state index in [0.717, 1.165) is 72.4 Å². The zero-order valence-corrected chi connectivity index (χ0v) is 33.7. The fourth-order valence-corrected chi connectivity index (χ4v) is 6.60. The standard InChI is InChI=1S/C44H51N11O3/c1-30-11-13-32(14-12-30)55-41(26-38(52-55)44(2,3)4)51-43(57)49-35-15-16-37(34-10-7-6-9-33(34)35)58-29-31-17-19-45-39(25-31)50-40-28-47-36(27-48-40)42(56)46-18-8-20-54-23-21-53(5)22-24-54/h6-7,9-17,19,25-28H,8,18,20-24,29H2,1-5H3,(H,46,56)(H,45,48,50)(H2,49,51,57). The number of hydrogen-bond acceptors (Lipinski definition) is 10. The van der Waals surface area contributed by atoms with E-state index in [4.69, 9.17) is 9.84 Å². The van der Waals surface area contributed by atoms with Crippen LogP contribution in [0.3, 0.4) is 0 Å². The average Bonchev–Trinajstić information content (AvgIpc) is 3.65. The van der Waals surface area contributed by atoms with Gasteiger partial charge in [-0.05, 0) is 68.9 Å². The maximum absolute atomic E-state index is 13.5. The number of anilines is 4. The molecule has 14 nitrogen and oxygen atoms in total. The molecule has 4 N–H and O–H groups in total. The van der Waals surface area contributed by atoms with Gasteiger partial charge in [0, 0.05) is 61.2 Å². The number of ether oxygens (including phenoxy) is 1. The van der Waals surface area contributed by atoms with Gasteiger partial charge in [0.15, 0.2) is 0 Å². The molecule has 3 amide bonds. The number of amides is 3. The number of fused-ring (bicyclic) bond motifs is 1. The van der Waals surface area contributed by atoms with Crippen LogP contribution in [-0.2, 0) is 12.0 Å². The van der Waals surface area contributed by atoms with Crippen molar-refractivity contribution in [1.29, 1.82) is 0 Å². The van der Waals surface area contributed by atoms with Gasteiger partial charge < -0.3 is 30.5 Å². The molecular weight excluding hydrogens is 731 g/mol. The lowest BCUT2D eigenvalue weighted by molar-refractivity contribution is 0.0944. The van der Waals surface area contributed by atoms with Crippen molar-refractivity contribution in [2.24, 2.45) is 0 Å². The van der Waals surface area contributed by atoms with Crippen LogP contribution in [0.25, 0.3) is 16.5 Å². The highest BCUT2D eigenvalue weighted by Gasteiger charge is 2.22. The number of urea groups is 1. The zero-order chi connectivity index (χ0) is 40.6. The molecule has 4 heterocycles. The van der Waals surface area contributed by atoms with Crippen molar-refractivity contribution >= 4 is 45.9 Å². The van der Waals surface area contributed by atoms with Gasteiger partial charge in [0.25, 0.3) is 5.91 Å². The third kappa shape index (κ3) is 10.1. The Labute approximate surface area is 339 Å². The number of nitrogens with one attached hydrogen (secondary N) is 4. The Morgan fingerprint density at radius 1 is 0.828 bits per heavy atom. The van der Waals surface area contributed by atoms with Gasteiger partial charge >= 0.3 is 6.03 Å². The minimum atomic E-state index is -0.390. The molecule has 14 heteroatoms. The molecule has 1 saturated heterocycles. The van der Waals surface area contributed by atoms with Crippen molar-refractivity contribution < 1.29 is 14.3 Å². The highest BCUT2D eigenvalue weighted by molar-refractivity contribution is 6.07. The Morgan fingerprint density at radius 3 is 2.34 bits per heavy atom. The second kappa shape index (κ2) is 17.8. The number of rotatable bonds is 13. The SMILES string of the molecule is Cc1ccc(-n2nc(C(C)(C)C)cc2NC(=O)Nc2ccc(OCc3ccnc(Nc4cnc(C(=O)NCCCN5CCN(C)CC5)cn4)c3)c3ccccc23)cc1. The van der Waals surface area contributed by atoms with Gasteiger partial charge in [-0.25, -0.2) is 24.4 Å². The van der Waals surface area contributed by atoms with Crippen molar-refractivity contribution in [3.63, 3.8) is 0 Å². The molecule has 0 spiro atoms. The molecule has 3 aromatic heterocycles. The van der Waals surface area contributed by atoms with E-state index < -0.39 is 0 Å². The maximum atomic E-state index is 13.5. The van der Waals surface area contributed by atoms with Gasteiger partial charge in [0.1, 0.15) is 35.5 Å². The molecule has 1 aliphatic rings. The molecule has 58 heavy (non-hydrogen) atoms. The summed E-state index contributed by atoms with van der Waals surface area (Å²) in [5, 5.41) is 18.7. The van der Waals surface area contributed by atoms with E-state index >= 15 is 0 Å². The number of benzene rings is 3. The summed E-state index contributed by atoms with van der Waals surface area (Å²) in [6, 6.07) is 24.8. The highest BCUT2D eigenvalue weighted by atomic mass is 16.5. The Morgan fingerprint density at radius 2 is 1.60 bits per heavy atom. The first-order valence-electron chi connectivity index (χ1n) is 19.6. The predicted octanol–water partition coefficient (Wildman–Crippen LogP) is 7.15. The van der Waals surface area contributed by atoms with Crippen LogP contribution in [-0.4, -0.2) is 92.8 Å². The van der Waals surface area contributed by atoms with Gasteiger partial charge in [0.05, 0.1) is 29.5 Å². The number of carbonyl (C=O) groups excluding carboxylic acids is 2. The Bertz CT molecular complexity index is 2350. The van der Waals surface area contributed by atoms with Gasteiger partial charge in [-0.15, -0.1) is 0 Å². The number of carbonyl (C=O) groups is 2. The van der Waals surface area contributed by atoms with Crippen molar-refractivity contribution in [3.05, 3.63) is 120 Å². The molecule has 0 unspecified atom stereocenters. The van der Waals surface area contributed by atoms with Crippen LogP contribution in [0, 0.1) is 6.92 Å². The zero-order valence-electron chi connectivity index (χ0n) is 33.7. The quantitative estimate of drug-likeness (QED) is 0.0889. The first-order chi connectivity index (χ1) is 28.0. The van der Waals surface area contributed by atoms with Crippen LogP contribution in [0.4, 0.5) is 27.9 Å². The first-order valence-corrected chi connectivity index (χ1v) is 19.6. The van der Waals surface area contributed by atoms with Gasteiger partial charge in [-0.3, -0.25) is 10.1 Å². The van der Waals surface area contributed by atoms with E-state index in [1.165, 1.54) is 12.4 Å². The molecule has 300 valence electrons. The summed E-state index contributed by atoms with van der Waals surface area (Å²) in [7, 11) is 2.14. The second-order valence-corrected chi connectivity index (χ2v) is 15.7. The Hall–Kier alpha value is -6.38. The molecule has 7 rings (SSSR count). The summed E-state index contributed by atoms with van der Waals surface area (Å²) < 4.78 is 8.08. The van der Waals surface area contributed by atoms with Gasteiger partial charge in [-0.1, -0.05) is 62.7 Å². The largest absolute Gasteiger partial charge is 0.488 e. The van der Waals surface area contributed by atoms with E-state index in [1.54, 1.807) is 10.9 Å². The van der Waals surface area contributed by atoms with Crippen LogP contribution in [0.1, 0.15) is 54.5 Å². The first kappa shape index (κ1) is 39.8. The lowest BCUT2D eigenvalue weighted by Crippen LogP contribution is -2.45. The summed E-state index contributed by atoms with van der Waals surface area (Å²) in [4.78, 5) is 44.0. The molecule has 0 saturated carbocycles. The average molecular weight is 782 g/mol. The van der Waals surface area contributed by atoms with Gasteiger partial charge in [0.2, 0.25) is 0 Å². The van der Waals surface area contributed by atoms with Crippen molar-refractivity contribution in [2.45, 2.75) is 46.1 Å². The number of aryl methyl sites for hydroxylation is 1. The highest BCUT2D eigenvalue weighted by Crippen LogP contribution is 2.33. The molecule has 3 aromatic carbocycles. The summed E-state index contributed by atoms with van der Waals surface area (Å²) in [6.07, 6.45) is 5.56. The number of likely N-dealkylation sites (N-methyl/N-ethyl adjacent to an activating group) is 1. The van der Waals surface area contributed by atoms with Gasteiger partial charge in [-0.2, -0.15) is 5.10 Å². The predicted molar refractivity (Wildman–Crippen MR) is 228 cm³/mol. The molecule has 0 aliphatic carbocycles. The minimum Gasteiger partial charge on any atom is -0.488 e. The minimum absolute atomic E-state index is 0.213.